The largest absolute Gasteiger partial charge is 0.478 e. The molecule has 0 spiro atoms. The van der Waals surface area contributed by atoms with Crippen LogP contribution in [0.3, 0.4) is 0 Å². The Labute approximate surface area is 146 Å². The Hall–Kier alpha value is -0.910. The van der Waals surface area contributed by atoms with Crippen LogP contribution in [-0.2, 0) is 9.53 Å². The number of carboxylic acids is 1. The van der Waals surface area contributed by atoms with Gasteiger partial charge in [-0.05, 0) is 65.2 Å². The first-order chi connectivity index (χ1) is 11.0. The molecule has 1 unspecified atom stereocenters. The molecule has 5 heteroatoms. The topological polar surface area (TPSA) is 70.0 Å². The van der Waals surface area contributed by atoms with E-state index in [1.54, 1.807) is 6.08 Å². The van der Waals surface area contributed by atoms with Crippen molar-refractivity contribution in [3.63, 3.8) is 0 Å². The lowest BCUT2D eigenvalue weighted by Crippen LogP contribution is -2.59. The van der Waals surface area contributed by atoms with Crippen LogP contribution in [0.2, 0.25) is 0 Å². The molecule has 2 N–H and O–H groups in total. The van der Waals surface area contributed by atoms with E-state index >= 15 is 0 Å². The highest BCUT2D eigenvalue weighted by Gasteiger charge is 2.44. The number of carbonyl (C=O) groups is 1. The minimum atomic E-state index is -0.884. The quantitative estimate of drug-likeness (QED) is 0.488. The number of hydrogen-bond acceptors (Lipinski definition) is 4. The van der Waals surface area contributed by atoms with E-state index in [0.29, 0.717) is 5.92 Å². The van der Waals surface area contributed by atoms with Crippen molar-refractivity contribution in [2.45, 2.75) is 77.8 Å². The number of piperidine rings is 1. The van der Waals surface area contributed by atoms with Crippen LogP contribution in [0.5, 0.6) is 0 Å². The fourth-order valence-electron chi connectivity index (χ4n) is 3.86. The summed E-state index contributed by atoms with van der Waals surface area (Å²) in [7, 11) is 0. The van der Waals surface area contributed by atoms with Crippen LogP contribution in [0.25, 0.3) is 0 Å². The summed E-state index contributed by atoms with van der Waals surface area (Å²) in [5.41, 5.74) is -0.441. The maximum atomic E-state index is 10.5. The van der Waals surface area contributed by atoms with Crippen molar-refractivity contribution in [3.8, 4) is 0 Å². The number of ether oxygens (including phenoxy) is 1. The van der Waals surface area contributed by atoms with Crippen LogP contribution < -0.4 is 0 Å². The summed E-state index contributed by atoms with van der Waals surface area (Å²) in [5, 5.41) is 20.4. The average Bonchev–Trinajstić information content (AvgIpc) is 2.45. The minimum absolute atomic E-state index is 0.221. The fourth-order valence-corrected chi connectivity index (χ4v) is 3.86. The Balaban J connectivity index is 2.21. The molecule has 0 saturated carbocycles. The van der Waals surface area contributed by atoms with E-state index in [-0.39, 0.29) is 17.0 Å². The van der Waals surface area contributed by atoms with Gasteiger partial charge in [-0.3, -0.25) is 0 Å². The molecule has 0 radical (unpaired) electrons. The Morgan fingerprint density at radius 1 is 1.25 bits per heavy atom. The predicted octanol–water partition coefficient (Wildman–Crippen LogP) is 4.11. The third-order valence-electron chi connectivity index (χ3n) is 4.84. The lowest BCUT2D eigenvalue weighted by molar-refractivity contribution is -0.253. The molecular formula is C19H35NO4. The van der Waals surface area contributed by atoms with Gasteiger partial charge >= 0.3 is 5.97 Å². The van der Waals surface area contributed by atoms with E-state index in [0.717, 1.165) is 45.3 Å². The molecule has 1 fully saturated rings. The minimum Gasteiger partial charge on any atom is -0.478 e. The van der Waals surface area contributed by atoms with Crippen LogP contribution in [0.15, 0.2) is 12.2 Å². The summed E-state index contributed by atoms with van der Waals surface area (Å²) in [6.45, 7) is 11.8. The normalized spacial score (nSPS) is 22.8. The number of allylic oxidation sites excluding steroid dienone is 1. The zero-order valence-corrected chi connectivity index (χ0v) is 15.9. The number of nitrogens with zero attached hydrogens (tertiary/aromatic N) is 1. The van der Waals surface area contributed by atoms with Crippen LogP contribution >= 0.6 is 0 Å². The molecular weight excluding hydrogens is 306 g/mol. The number of aliphatic carboxylic acids is 1. The third-order valence-corrected chi connectivity index (χ3v) is 4.84. The highest BCUT2D eigenvalue weighted by molar-refractivity contribution is 5.79. The number of carboxylic acid groups (broad SMARTS) is 1. The first-order valence-electron chi connectivity index (χ1n) is 9.03. The number of hydrogen-bond donors (Lipinski definition) is 2. The van der Waals surface area contributed by atoms with Gasteiger partial charge < -0.3 is 15.1 Å². The summed E-state index contributed by atoms with van der Waals surface area (Å²) >= 11 is 0. The molecule has 1 atom stereocenters. The van der Waals surface area contributed by atoms with Gasteiger partial charge in [0.15, 0.2) is 0 Å². The van der Waals surface area contributed by atoms with Crippen molar-refractivity contribution >= 4 is 5.97 Å². The van der Waals surface area contributed by atoms with Gasteiger partial charge in [-0.1, -0.05) is 19.4 Å². The molecule has 1 aliphatic rings. The van der Waals surface area contributed by atoms with Crippen molar-refractivity contribution in [2.75, 3.05) is 13.2 Å². The predicted molar refractivity (Wildman–Crippen MR) is 95.1 cm³/mol. The van der Waals surface area contributed by atoms with Gasteiger partial charge in [-0.15, -0.1) is 0 Å². The molecule has 0 aliphatic carbocycles. The molecule has 5 nitrogen and oxygen atoms in total. The third kappa shape index (κ3) is 6.91. The molecule has 1 aliphatic heterocycles. The molecule has 0 amide bonds. The SMILES string of the molecule is CC(/C=C/C(=O)O)CCCCOCC1CC(C)(C)N(O)C(C)(C)C1. The molecule has 140 valence electrons. The Bertz CT molecular complexity index is 413. The van der Waals surface area contributed by atoms with Crippen molar-refractivity contribution in [2.24, 2.45) is 11.8 Å². The molecule has 0 aromatic carbocycles. The number of unbranched alkanes of at least 4 members (excludes halogenated alkanes) is 1. The molecule has 24 heavy (non-hydrogen) atoms. The van der Waals surface area contributed by atoms with Crippen LogP contribution in [0, 0.1) is 11.8 Å². The maximum Gasteiger partial charge on any atom is 0.327 e. The second-order valence-corrected chi connectivity index (χ2v) is 8.46. The van der Waals surface area contributed by atoms with Gasteiger partial charge in [0.1, 0.15) is 0 Å². The Morgan fingerprint density at radius 3 is 2.38 bits per heavy atom. The molecule has 1 heterocycles. The van der Waals surface area contributed by atoms with E-state index in [2.05, 4.69) is 27.7 Å². The van der Waals surface area contributed by atoms with E-state index < -0.39 is 5.97 Å². The Morgan fingerprint density at radius 2 is 1.83 bits per heavy atom. The van der Waals surface area contributed by atoms with E-state index in [4.69, 9.17) is 9.84 Å². The van der Waals surface area contributed by atoms with Crippen LogP contribution in [0.4, 0.5) is 0 Å². The first kappa shape index (κ1) is 21.1. The highest BCUT2D eigenvalue weighted by Crippen LogP contribution is 2.39. The fraction of sp³-hybridized carbons (Fsp3) is 0.842. The summed E-state index contributed by atoms with van der Waals surface area (Å²) in [6.07, 6.45) is 7.85. The van der Waals surface area contributed by atoms with Crippen molar-refractivity contribution in [3.05, 3.63) is 12.2 Å². The lowest BCUT2D eigenvalue weighted by Gasteiger charge is -2.51. The maximum absolute atomic E-state index is 10.5. The summed E-state index contributed by atoms with van der Waals surface area (Å²) in [5.74, 6) is -0.127. The van der Waals surface area contributed by atoms with Gasteiger partial charge in [-0.2, -0.15) is 5.06 Å². The van der Waals surface area contributed by atoms with Crippen molar-refractivity contribution in [1.29, 1.82) is 0 Å². The lowest BCUT2D eigenvalue weighted by atomic mass is 9.75. The van der Waals surface area contributed by atoms with Crippen LogP contribution in [0.1, 0.15) is 66.7 Å². The summed E-state index contributed by atoms with van der Waals surface area (Å²) in [6, 6.07) is 0. The van der Waals surface area contributed by atoms with Crippen molar-refractivity contribution < 1.29 is 19.8 Å². The number of rotatable bonds is 9. The van der Waals surface area contributed by atoms with E-state index in [9.17, 15) is 10.0 Å². The van der Waals surface area contributed by atoms with Gasteiger partial charge in [0.05, 0.1) is 0 Å². The average molecular weight is 341 g/mol. The summed E-state index contributed by atoms with van der Waals surface area (Å²) in [4.78, 5) is 10.5. The molecule has 0 aromatic rings. The second kappa shape index (κ2) is 8.97. The zero-order chi connectivity index (χ0) is 18.4. The summed E-state index contributed by atoms with van der Waals surface area (Å²) < 4.78 is 5.86. The molecule has 0 bridgehead atoms. The van der Waals surface area contributed by atoms with Gasteiger partial charge in [0.2, 0.25) is 0 Å². The number of hydroxylamine groups is 2. The van der Waals surface area contributed by atoms with E-state index in [1.165, 1.54) is 11.1 Å². The molecule has 1 saturated heterocycles. The van der Waals surface area contributed by atoms with E-state index in [1.807, 2.05) is 6.92 Å². The van der Waals surface area contributed by atoms with Crippen molar-refractivity contribution in [1.82, 2.24) is 5.06 Å². The van der Waals surface area contributed by atoms with Gasteiger partial charge in [0, 0.05) is 30.4 Å². The van der Waals surface area contributed by atoms with Crippen LogP contribution in [-0.4, -0.2) is 45.6 Å². The smallest absolute Gasteiger partial charge is 0.327 e. The monoisotopic (exact) mass is 341 g/mol. The standard InChI is InChI=1S/C19H35NO4/c1-15(9-10-17(21)22)8-6-7-11-24-14-16-12-18(2,3)20(23)19(4,5)13-16/h9-10,15-16,23H,6-8,11-14H2,1-5H3,(H,21,22)/b10-9+. The first-order valence-corrected chi connectivity index (χ1v) is 9.03. The van der Waals surface area contributed by atoms with Gasteiger partial charge in [-0.25, -0.2) is 4.79 Å². The Kier molecular flexibility index (Phi) is 7.90. The zero-order valence-electron chi connectivity index (χ0n) is 15.9. The second-order valence-electron chi connectivity index (χ2n) is 8.46. The highest BCUT2D eigenvalue weighted by atomic mass is 16.5. The van der Waals surface area contributed by atoms with Gasteiger partial charge in [0.25, 0.3) is 0 Å². The molecule has 1 rings (SSSR count). The molecule has 0 aromatic heterocycles.